The summed E-state index contributed by atoms with van der Waals surface area (Å²) in [7, 11) is 1.59. The molecule has 0 bridgehead atoms. The number of urea groups is 1. The van der Waals surface area contributed by atoms with Gasteiger partial charge >= 0.3 is 6.03 Å². The molecule has 4 aromatic rings. The van der Waals surface area contributed by atoms with Gasteiger partial charge in [0.2, 0.25) is 5.82 Å². The van der Waals surface area contributed by atoms with Gasteiger partial charge < -0.3 is 14.6 Å². The summed E-state index contributed by atoms with van der Waals surface area (Å²) in [5, 5.41) is 7.25. The summed E-state index contributed by atoms with van der Waals surface area (Å²) in [5.74, 6) is 0.943. The molecule has 1 unspecified atom stereocenters. The number of hydrogen-bond acceptors (Lipinski definition) is 5. The summed E-state index contributed by atoms with van der Waals surface area (Å²) in [6, 6.07) is 18.4. The number of amides is 2. The van der Waals surface area contributed by atoms with Gasteiger partial charge in [-0.05, 0) is 86.0 Å². The van der Waals surface area contributed by atoms with Gasteiger partial charge in [-0.15, -0.1) is 0 Å². The van der Waals surface area contributed by atoms with Crippen molar-refractivity contribution in [3.8, 4) is 17.1 Å². The predicted octanol–water partition coefficient (Wildman–Crippen LogP) is 6.20. The van der Waals surface area contributed by atoms with Gasteiger partial charge in [0.15, 0.2) is 0 Å². The first-order chi connectivity index (χ1) is 17.4. The fourth-order valence-electron chi connectivity index (χ4n) is 4.31. The highest BCUT2D eigenvalue weighted by atomic mass is 19.1. The summed E-state index contributed by atoms with van der Waals surface area (Å²) >= 11 is 0. The lowest BCUT2D eigenvalue weighted by Gasteiger charge is -2.35. The van der Waals surface area contributed by atoms with Crippen molar-refractivity contribution < 1.29 is 18.4 Å². The average molecular weight is 485 g/mol. The van der Waals surface area contributed by atoms with Crippen LogP contribution in [0, 0.1) is 19.7 Å². The van der Waals surface area contributed by atoms with E-state index in [9.17, 15) is 9.18 Å². The number of methoxy groups -OCH3 is 1. The first-order valence-corrected chi connectivity index (χ1v) is 11.5. The lowest BCUT2D eigenvalue weighted by atomic mass is 9.92. The van der Waals surface area contributed by atoms with E-state index < -0.39 is 6.04 Å². The third-order valence-electron chi connectivity index (χ3n) is 6.44. The minimum absolute atomic E-state index is 0.272. The van der Waals surface area contributed by atoms with Gasteiger partial charge in [-0.3, -0.25) is 4.90 Å². The number of anilines is 1. The van der Waals surface area contributed by atoms with Crippen molar-refractivity contribution in [3.05, 3.63) is 101 Å². The van der Waals surface area contributed by atoms with E-state index in [4.69, 9.17) is 9.26 Å². The molecule has 1 aliphatic rings. The quantitative estimate of drug-likeness (QED) is 0.365. The maximum atomic E-state index is 13.4. The lowest BCUT2D eigenvalue weighted by Crippen LogP contribution is -2.46. The Morgan fingerprint density at radius 3 is 2.36 bits per heavy atom. The monoisotopic (exact) mass is 484 g/mol. The van der Waals surface area contributed by atoms with Crippen LogP contribution in [0.1, 0.15) is 35.5 Å². The Morgan fingerprint density at radius 2 is 1.69 bits per heavy atom. The number of ether oxygens (including phenoxy) is 1. The van der Waals surface area contributed by atoms with E-state index >= 15 is 0 Å². The second kappa shape index (κ2) is 9.30. The van der Waals surface area contributed by atoms with Crippen LogP contribution in [0.15, 0.2) is 77.0 Å². The number of hydrogen-bond donors (Lipinski definition) is 1. The summed E-state index contributed by atoms with van der Waals surface area (Å²) in [4.78, 5) is 19.6. The average Bonchev–Trinajstić information content (AvgIpc) is 3.36. The highest BCUT2D eigenvalue weighted by Gasteiger charge is 2.36. The molecule has 1 atom stereocenters. The number of nitrogens with zero attached hydrogens (tertiary/aromatic N) is 3. The maximum Gasteiger partial charge on any atom is 0.326 e. The SMILES string of the molecule is COc1ccc(N2C(=O)NC(c3ccc(C)c(C)c3)C(c3nc(-c4ccc(F)cc4)no3)=C2C)cc1. The van der Waals surface area contributed by atoms with Crippen molar-refractivity contribution in [2.24, 2.45) is 0 Å². The molecule has 182 valence electrons. The molecule has 0 aliphatic carbocycles. The summed E-state index contributed by atoms with van der Waals surface area (Å²) in [6.07, 6.45) is 0. The molecular formula is C28H25FN4O3. The number of allylic oxidation sites excluding steroid dienone is 1. The minimum Gasteiger partial charge on any atom is -0.497 e. The van der Waals surface area contributed by atoms with Crippen LogP contribution in [-0.4, -0.2) is 23.3 Å². The topological polar surface area (TPSA) is 80.5 Å². The predicted molar refractivity (Wildman–Crippen MR) is 135 cm³/mol. The molecule has 0 fully saturated rings. The van der Waals surface area contributed by atoms with Crippen molar-refractivity contribution in [3.63, 3.8) is 0 Å². The van der Waals surface area contributed by atoms with Crippen molar-refractivity contribution >= 4 is 17.3 Å². The largest absolute Gasteiger partial charge is 0.497 e. The Kier molecular flexibility index (Phi) is 6.01. The van der Waals surface area contributed by atoms with Crippen LogP contribution in [0.3, 0.4) is 0 Å². The van der Waals surface area contributed by atoms with Crippen LogP contribution >= 0.6 is 0 Å². The number of halogens is 1. The molecule has 0 saturated heterocycles. The van der Waals surface area contributed by atoms with E-state index in [-0.39, 0.29) is 17.7 Å². The first-order valence-electron chi connectivity index (χ1n) is 11.5. The first kappa shape index (κ1) is 23.3. The van der Waals surface area contributed by atoms with Crippen molar-refractivity contribution in [1.29, 1.82) is 0 Å². The zero-order chi connectivity index (χ0) is 25.4. The molecule has 2 heterocycles. The highest BCUT2D eigenvalue weighted by Crippen LogP contribution is 2.39. The Hall–Kier alpha value is -4.46. The normalized spacial score (nSPS) is 15.8. The van der Waals surface area contributed by atoms with Gasteiger partial charge in [0, 0.05) is 11.3 Å². The number of aryl methyl sites for hydroxylation is 2. The second-order valence-electron chi connectivity index (χ2n) is 8.69. The Labute approximate surface area is 208 Å². The molecule has 3 aromatic carbocycles. The number of carbonyl (C=O) groups is 1. The molecule has 1 aliphatic heterocycles. The Morgan fingerprint density at radius 1 is 0.972 bits per heavy atom. The van der Waals surface area contributed by atoms with E-state index in [0.29, 0.717) is 34.1 Å². The molecule has 0 radical (unpaired) electrons. The van der Waals surface area contributed by atoms with Crippen LogP contribution in [0.2, 0.25) is 0 Å². The third-order valence-corrected chi connectivity index (χ3v) is 6.44. The lowest BCUT2D eigenvalue weighted by molar-refractivity contribution is 0.244. The number of carbonyl (C=O) groups excluding carboxylic acids is 1. The van der Waals surface area contributed by atoms with Gasteiger partial charge in [-0.1, -0.05) is 23.4 Å². The number of aromatic nitrogens is 2. The molecule has 2 amide bonds. The van der Waals surface area contributed by atoms with Gasteiger partial charge in [0.1, 0.15) is 11.6 Å². The third kappa shape index (κ3) is 4.22. The molecule has 1 aromatic heterocycles. The van der Waals surface area contributed by atoms with E-state index in [1.54, 1.807) is 36.3 Å². The molecule has 7 nitrogen and oxygen atoms in total. The fourth-order valence-corrected chi connectivity index (χ4v) is 4.31. The van der Waals surface area contributed by atoms with Crippen LogP contribution in [0.25, 0.3) is 17.0 Å². The van der Waals surface area contributed by atoms with Crippen molar-refractivity contribution in [2.45, 2.75) is 26.8 Å². The van der Waals surface area contributed by atoms with Crippen molar-refractivity contribution in [2.75, 3.05) is 12.0 Å². The molecule has 5 rings (SSSR count). The van der Waals surface area contributed by atoms with Crippen molar-refractivity contribution in [1.82, 2.24) is 15.5 Å². The van der Waals surface area contributed by atoms with E-state index in [0.717, 1.165) is 16.7 Å². The Balaban J connectivity index is 1.65. The van der Waals surface area contributed by atoms with Gasteiger partial charge in [-0.25, -0.2) is 9.18 Å². The number of benzene rings is 3. The van der Waals surface area contributed by atoms with Crippen LogP contribution in [0.5, 0.6) is 5.75 Å². The minimum atomic E-state index is -0.507. The molecular weight excluding hydrogens is 459 g/mol. The molecule has 36 heavy (non-hydrogen) atoms. The van der Waals surface area contributed by atoms with E-state index in [2.05, 4.69) is 15.5 Å². The number of nitrogens with one attached hydrogen (secondary N) is 1. The van der Waals surface area contributed by atoms with E-state index in [1.807, 2.05) is 51.1 Å². The van der Waals surface area contributed by atoms with Gasteiger partial charge in [0.25, 0.3) is 5.89 Å². The van der Waals surface area contributed by atoms with Gasteiger partial charge in [0.05, 0.1) is 24.4 Å². The fraction of sp³-hybridized carbons (Fsp3) is 0.179. The molecule has 8 heteroatoms. The van der Waals surface area contributed by atoms with Crippen LogP contribution in [0.4, 0.5) is 14.9 Å². The molecule has 0 spiro atoms. The molecule has 1 N–H and O–H groups in total. The highest BCUT2D eigenvalue weighted by molar-refractivity contribution is 6.01. The smallest absolute Gasteiger partial charge is 0.326 e. The van der Waals surface area contributed by atoms with Crippen LogP contribution in [-0.2, 0) is 0 Å². The molecule has 0 saturated carbocycles. The number of rotatable bonds is 5. The second-order valence-corrected chi connectivity index (χ2v) is 8.69. The summed E-state index contributed by atoms with van der Waals surface area (Å²) < 4.78 is 24.4. The van der Waals surface area contributed by atoms with E-state index in [1.165, 1.54) is 12.1 Å². The maximum absolute atomic E-state index is 13.4. The van der Waals surface area contributed by atoms with Gasteiger partial charge in [-0.2, -0.15) is 4.98 Å². The summed E-state index contributed by atoms with van der Waals surface area (Å²) in [6.45, 7) is 5.93. The zero-order valence-corrected chi connectivity index (χ0v) is 20.4. The zero-order valence-electron chi connectivity index (χ0n) is 20.4. The van der Waals surface area contributed by atoms with Crippen LogP contribution < -0.4 is 15.0 Å². The summed E-state index contributed by atoms with van der Waals surface area (Å²) in [5.41, 5.74) is 5.78. The Bertz CT molecular complexity index is 1460. The standard InChI is InChI=1S/C28H25FN4O3/c1-16-5-6-20(15-17(16)2)25-24(27-31-26(32-36-27)19-7-9-21(29)10-8-19)18(3)33(28(34)30-25)22-11-13-23(35-4)14-12-22/h5-15,25H,1-4H3,(H,30,34).